The molecule has 0 aliphatic heterocycles. The number of ether oxygens (including phenoxy) is 1. The number of hydrogen-bond acceptors (Lipinski definition) is 2. The van der Waals surface area contributed by atoms with Crippen molar-refractivity contribution in [2.24, 2.45) is 0 Å². The van der Waals surface area contributed by atoms with Crippen LogP contribution in [0.5, 0.6) is 0 Å². The highest BCUT2D eigenvalue weighted by atomic mass is 35.5. The van der Waals surface area contributed by atoms with E-state index in [1.807, 2.05) is 0 Å². The Morgan fingerprint density at radius 3 is 2.80 bits per heavy atom. The molecular formula is C7H9ClO2. The van der Waals surface area contributed by atoms with E-state index < -0.39 is 0 Å². The Hall–Kier alpha value is -0.760. The molecule has 0 unspecified atom stereocenters. The van der Waals surface area contributed by atoms with Gasteiger partial charge < -0.3 is 4.74 Å². The molecule has 0 saturated carbocycles. The van der Waals surface area contributed by atoms with E-state index in [1.54, 1.807) is 18.2 Å². The van der Waals surface area contributed by atoms with E-state index in [1.165, 1.54) is 13.2 Å². The number of halogens is 1. The zero-order chi connectivity index (χ0) is 7.82. The van der Waals surface area contributed by atoms with Crippen molar-refractivity contribution in [3.05, 3.63) is 24.3 Å². The molecule has 0 radical (unpaired) electrons. The summed E-state index contributed by atoms with van der Waals surface area (Å²) >= 11 is 5.31. The first kappa shape index (κ1) is 9.24. The van der Waals surface area contributed by atoms with Gasteiger partial charge >= 0.3 is 5.97 Å². The van der Waals surface area contributed by atoms with Gasteiger partial charge in [-0.3, -0.25) is 0 Å². The van der Waals surface area contributed by atoms with Gasteiger partial charge in [-0.15, -0.1) is 11.6 Å². The van der Waals surface area contributed by atoms with Gasteiger partial charge in [-0.25, -0.2) is 4.79 Å². The highest BCUT2D eigenvalue weighted by Gasteiger charge is 1.85. The summed E-state index contributed by atoms with van der Waals surface area (Å²) in [6.45, 7) is 0. The fourth-order valence-electron chi connectivity index (χ4n) is 0.332. The highest BCUT2D eigenvalue weighted by Crippen LogP contribution is 1.82. The maximum Gasteiger partial charge on any atom is 0.330 e. The Morgan fingerprint density at radius 2 is 2.30 bits per heavy atom. The van der Waals surface area contributed by atoms with Crippen LogP contribution in [0.2, 0.25) is 0 Å². The largest absolute Gasteiger partial charge is 0.466 e. The smallest absolute Gasteiger partial charge is 0.330 e. The van der Waals surface area contributed by atoms with Crippen LogP contribution in [0.25, 0.3) is 0 Å². The summed E-state index contributed by atoms with van der Waals surface area (Å²) in [7, 11) is 1.33. The number of carbonyl (C=O) groups is 1. The van der Waals surface area contributed by atoms with Crippen molar-refractivity contribution in [3.63, 3.8) is 0 Å². The molecule has 0 N–H and O–H groups in total. The molecule has 0 rings (SSSR count). The molecule has 0 aromatic carbocycles. The normalized spacial score (nSPS) is 11.0. The van der Waals surface area contributed by atoms with Crippen molar-refractivity contribution in [1.29, 1.82) is 0 Å². The topological polar surface area (TPSA) is 26.3 Å². The van der Waals surface area contributed by atoms with Crippen LogP contribution < -0.4 is 0 Å². The molecule has 0 spiro atoms. The lowest BCUT2D eigenvalue weighted by Crippen LogP contribution is -1.92. The molecule has 2 nitrogen and oxygen atoms in total. The number of carbonyl (C=O) groups excluding carboxylic acids is 1. The van der Waals surface area contributed by atoms with Crippen molar-refractivity contribution in [3.8, 4) is 0 Å². The number of rotatable bonds is 3. The van der Waals surface area contributed by atoms with Gasteiger partial charge in [-0.2, -0.15) is 0 Å². The lowest BCUT2D eigenvalue weighted by atomic mass is 10.4. The summed E-state index contributed by atoms with van der Waals surface area (Å²) in [6, 6.07) is 0. The van der Waals surface area contributed by atoms with E-state index in [4.69, 9.17) is 11.6 Å². The molecule has 0 aliphatic carbocycles. The molecule has 0 heterocycles. The van der Waals surface area contributed by atoms with Gasteiger partial charge in [0, 0.05) is 12.0 Å². The van der Waals surface area contributed by atoms with Gasteiger partial charge in [0.15, 0.2) is 0 Å². The minimum Gasteiger partial charge on any atom is -0.466 e. The molecule has 0 atom stereocenters. The highest BCUT2D eigenvalue weighted by molar-refractivity contribution is 6.18. The number of allylic oxidation sites excluding steroid dienone is 3. The molecule has 10 heavy (non-hydrogen) atoms. The second kappa shape index (κ2) is 6.36. The van der Waals surface area contributed by atoms with E-state index in [-0.39, 0.29) is 5.97 Å². The average Bonchev–Trinajstić information content (AvgIpc) is 1.98. The van der Waals surface area contributed by atoms with Crippen LogP contribution in [0.15, 0.2) is 24.3 Å². The summed E-state index contributed by atoms with van der Waals surface area (Å²) in [5.74, 6) is 0.0881. The fraction of sp³-hybridized carbons (Fsp3) is 0.286. The van der Waals surface area contributed by atoms with Gasteiger partial charge in [0.2, 0.25) is 0 Å². The molecular weight excluding hydrogens is 152 g/mol. The monoisotopic (exact) mass is 160 g/mol. The summed E-state index contributed by atoms with van der Waals surface area (Å²) in [5.41, 5.74) is 0. The minimum atomic E-state index is -0.362. The number of alkyl halides is 1. The van der Waals surface area contributed by atoms with E-state index >= 15 is 0 Å². The van der Waals surface area contributed by atoms with Crippen LogP contribution in [0.1, 0.15) is 0 Å². The van der Waals surface area contributed by atoms with Gasteiger partial charge in [0.05, 0.1) is 7.11 Å². The number of methoxy groups -OCH3 is 1. The predicted octanol–water partition coefficient (Wildman–Crippen LogP) is 1.51. The summed E-state index contributed by atoms with van der Waals surface area (Å²) in [4.78, 5) is 10.4. The lowest BCUT2D eigenvalue weighted by Gasteiger charge is -1.85. The lowest BCUT2D eigenvalue weighted by molar-refractivity contribution is -0.134. The maximum atomic E-state index is 10.4. The Morgan fingerprint density at radius 1 is 1.60 bits per heavy atom. The van der Waals surface area contributed by atoms with E-state index in [9.17, 15) is 4.79 Å². The maximum absolute atomic E-state index is 10.4. The van der Waals surface area contributed by atoms with Gasteiger partial charge in [0.1, 0.15) is 0 Å². The van der Waals surface area contributed by atoms with Crippen LogP contribution in [0, 0.1) is 0 Å². The fourth-order valence-corrected chi connectivity index (χ4v) is 0.435. The van der Waals surface area contributed by atoms with Crippen molar-refractivity contribution in [1.82, 2.24) is 0 Å². The standard InChI is InChI=1S/C7H9ClO2/c1-10-7(9)5-3-2-4-6-8/h2-5H,6H2,1H3. The zero-order valence-electron chi connectivity index (χ0n) is 5.71. The first-order valence-electron chi connectivity index (χ1n) is 2.78. The van der Waals surface area contributed by atoms with E-state index in [2.05, 4.69) is 4.74 Å². The van der Waals surface area contributed by atoms with Crippen LogP contribution in [0.4, 0.5) is 0 Å². The quantitative estimate of drug-likeness (QED) is 0.271. The Kier molecular flexibility index (Phi) is 5.88. The van der Waals surface area contributed by atoms with Gasteiger partial charge in [-0.1, -0.05) is 18.2 Å². The first-order chi connectivity index (χ1) is 4.81. The number of esters is 1. The van der Waals surface area contributed by atoms with E-state index in [0.717, 1.165) is 0 Å². The molecule has 0 amide bonds. The molecule has 0 aromatic heterocycles. The van der Waals surface area contributed by atoms with Crippen LogP contribution in [-0.4, -0.2) is 19.0 Å². The van der Waals surface area contributed by atoms with Crippen LogP contribution in [-0.2, 0) is 9.53 Å². The summed E-state index contributed by atoms with van der Waals surface area (Å²) in [5, 5.41) is 0. The third-order valence-electron chi connectivity index (χ3n) is 0.770. The SMILES string of the molecule is COC(=O)C=CC=CCCl. The van der Waals surface area contributed by atoms with Crippen molar-refractivity contribution < 1.29 is 9.53 Å². The third kappa shape index (κ3) is 5.38. The minimum absolute atomic E-state index is 0.362. The number of hydrogen-bond donors (Lipinski definition) is 0. The Balaban J connectivity index is 3.55. The molecule has 3 heteroatoms. The molecule has 0 bridgehead atoms. The van der Waals surface area contributed by atoms with Crippen molar-refractivity contribution in [2.45, 2.75) is 0 Å². The molecule has 56 valence electrons. The van der Waals surface area contributed by atoms with Crippen molar-refractivity contribution >= 4 is 17.6 Å². The molecule has 0 aromatic rings. The summed E-state index contributed by atoms with van der Waals surface area (Å²) in [6.07, 6.45) is 6.31. The van der Waals surface area contributed by atoms with Crippen LogP contribution >= 0.6 is 11.6 Å². The van der Waals surface area contributed by atoms with E-state index in [0.29, 0.717) is 5.88 Å². The third-order valence-corrected chi connectivity index (χ3v) is 0.948. The first-order valence-corrected chi connectivity index (χ1v) is 3.32. The molecule has 0 saturated heterocycles. The molecule has 0 aliphatic rings. The van der Waals surface area contributed by atoms with Crippen LogP contribution in [0.3, 0.4) is 0 Å². The average molecular weight is 161 g/mol. The summed E-state index contributed by atoms with van der Waals surface area (Å²) < 4.78 is 4.34. The Bertz CT molecular complexity index is 150. The predicted molar refractivity (Wildman–Crippen MR) is 41.0 cm³/mol. The van der Waals surface area contributed by atoms with Crippen molar-refractivity contribution in [2.75, 3.05) is 13.0 Å². The van der Waals surface area contributed by atoms with Gasteiger partial charge in [-0.05, 0) is 0 Å². The second-order valence-electron chi connectivity index (χ2n) is 1.46. The van der Waals surface area contributed by atoms with Gasteiger partial charge in [0.25, 0.3) is 0 Å². The Labute approximate surface area is 65.1 Å². The second-order valence-corrected chi connectivity index (χ2v) is 1.77. The molecule has 0 fully saturated rings. The zero-order valence-corrected chi connectivity index (χ0v) is 6.47.